The summed E-state index contributed by atoms with van der Waals surface area (Å²) in [6.45, 7) is 16.7. The lowest BCUT2D eigenvalue weighted by Gasteiger charge is -2.10. The summed E-state index contributed by atoms with van der Waals surface area (Å²) in [5.74, 6) is 7.65. The molecule has 0 aliphatic rings. The standard InChI is InChI=1S/C27H44OSi2/c1-8-9-10-11-12-13-14-15-16-21-28-27-24-25(19-22-29(2,3)4)17-18-26(27)20-23-30(5,6)7/h17-18,24H,8-16,21H2,1-7H3. The van der Waals surface area contributed by atoms with Gasteiger partial charge in [-0.2, -0.15) is 0 Å². The number of benzene rings is 1. The largest absolute Gasteiger partial charge is 0.492 e. The zero-order valence-corrected chi connectivity index (χ0v) is 22.7. The van der Waals surface area contributed by atoms with Crippen LogP contribution in [-0.4, -0.2) is 22.8 Å². The second kappa shape index (κ2) is 13.8. The minimum Gasteiger partial charge on any atom is -0.492 e. The molecule has 0 heterocycles. The van der Waals surface area contributed by atoms with Gasteiger partial charge in [0, 0.05) is 5.56 Å². The van der Waals surface area contributed by atoms with Crippen LogP contribution in [0.15, 0.2) is 18.2 Å². The van der Waals surface area contributed by atoms with Crippen molar-refractivity contribution in [2.75, 3.05) is 6.61 Å². The fourth-order valence-corrected chi connectivity index (χ4v) is 3.96. The Morgan fingerprint density at radius 1 is 0.700 bits per heavy atom. The van der Waals surface area contributed by atoms with Crippen LogP contribution < -0.4 is 4.74 Å². The summed E-state index contributed by atoms with van der Waals surface area (Å²) in [5, 5.41) is 0. The van der Waals surface area contributed by atoms with E-state index in [9.17, 15) is 0 Å². The van der Waals surface area contributed by atoms with E-state index in [1.54, 1.807) is 0 Å². The van der Waals surface area contributed by atoms with Gasteiger partial charge in [-0.25, -0.2) is 0 Å². The van der Waals surface area contributed by atoms with Crippen LogP contribution in [0.3, 0.4) is 0 Å². The Morgan fingerprint density at radius 2 is 1.23 bits per heavy atom. The SMILES string of the molecule is CCCCCCCCCCCOc1cc(C#C[Si](C)(C)C)ccc1C#C[Si](C)(C)C. The summed E-state index contributed by atoms with van der Waals surface area (Å²) in [6, 6.07) is 6.27. The van der Waals surface area contributed by atoms with Crippen molar-refractivity contribution in [2.45, 2.75) is 104 Å². The molecule has 0 radical (unpaired) electrons. The third-order valence-corrected chi connectivity index (χ3v) is 6.39. The molecule has 0 aliphatic heterocycles. The number of rotatable bonds is 11. The van der Waals surface area contributed by atoms with Gasteiger partial charge in [-0.15, -0.1) is 11.1 Å². The average molecular weight is 441 g/mol. The zero-order valence-electron chi connectivity index (χ0n) is 20.7. The highest BCUT2D eigenvalue weighted by Crippen LogP contribution is 2.21. The van der Waals surface area contributed by atoms with Gasteiger partial charge < -0.3 is 4.74 Å². The molecule has 166 valence electrons. The lowest BCUT2D eigenvalue weighted by molar-refractivity contribution is 0.303. The molecule has 0 aromatic heterocycles. The molecule has 0 aliphatic carbocycles. The maximum absolute atomic E-state index is 6.19. The summed E-state index contributed by atoms with van der Waals surface area (Å²) in [4.78, 5) is 0. The topological polar surface area (TPSA) is 9.23 Å². The first kappa shape index (κ1) is 26.6. The number of hydrogen-bond acceptors (Lipinski definition) is 1. The number of ether oxygens (including phenoxy) is 1. The second-order valence-electron chi connectivity index (χ2n) is 10.4. The minimum absolute atomic E-state index is 0.766. The van der Waals surface area contributed by atoms with Crippen LogP contribution in [0.25, 0.3) is 0 Å². The molecule has 0 saturated carbocycles. The fraction of sp³-hybridized carbons (Fsp3) is 0.630. The molecule has 1 rings (SSSR count). The molecule has 0 bridgehead atoms. The van der Waals surface area contributed by atoms with Gasteiger partial charge in [0.1, 0.15) is 21.9 Å². The smallest absolute Gasteiger partial charge is 0.136 e. The highest BCUT2D eigenvalue weighted by Gasteiger charge is 2.10. The second-order valence-corrected chi connectivity index (χ2v) is 19.9. The zero-order chi connectivity index (χ0) is 22.5. The number of hydrogen-bond donors (Lipinski definition) is 0. The van der Waals surface area contributed by atoms with E-state index in [2.05, 4.69) is 87.3 Å². The van der Waals surface area contributed by atoms with E-state index in [1.807, 2.05) is 0 Å². The highest BCUT2D eigenvalue weighted by atomic mass is 28.3. The molecule has 0 fully saturated rings. The van der Waals surface area contributed by atoms with Crippen molar-refractivity contribution < 1.29 is 4.74 Å². The van der Waals surface area contributed by atoms with Gasteiger partial charge in [0.15, 0.2) is 0 Å². The Bertz CT molecular complexity index is 746. The molecule has 0 unspecified atom stereocenters. The Morgan fingerprint density at radius 3 is 1.80 bits per heavy atom. The summed E-state index contributed by atoms with van der Waals surface area (Å²) < 4.78 is 6.19. The highest BCUT2D eigenvalue weighted by molar-refractivity contribution is 6.84. The third kappa shape index (κ3) is 13.7. The van der Waals surface area contributed by atoms with Crippen LogP contribution in [0.2, 0.25) is 39.3 Å². The van der Waals surface area contributed by atoms with Crippen molar-refractivity contribution in [1.82, 2.24) is 0 Å². The van der Waals surface area contributed by atoms with E-state index in [-0.39, 0.29) is 0 Å². The minimum atomic E-state index is -1.42. The van der Waals surface area contributed by atoms with Crippen molar-refractivity contribution in [3.05, 3.63) is 29.3 Å². The van der Waals surface area contributed by atoms with Crippen molar-refractivity contribution in [2.24, 2.45) is 0 Å². The van der Waals surface area contributed by atoms with Crippen LogP contribution in [-0.2, 0) is 0 Å². The van der Waals surface area contributed by atoms with Gasteiger partial charge in [0.2, 0.25) is 0 Å². The van der Waals surface area contributed by atoms with E-state index in [4.69, 9.17) is 4.74 Å². The lowest BCUT2D eigenvalue weighted by atomic mass is 10.1. The molecule has 30 heavy (non-hydrogen) atoms. The van der Waals surface area contributed by atoms with Crippen molar-refractivity contribution >= 4 is 16.1 Å². The van der Waals surface area contributed by atoms with Crippen LogP contribution in [0.4, 0.5) is 0 Å². The molecule has 0 saturated heterocycles. The molecule has 3 heteroatoms. The van der Waals surface area contributed by atoms with Crippen LogP contribution in [0.1, 0.15) is 75.8 Å². The predicted octanol–water partition coefficient (Wildman–Crippen LogP) is 8.05. The normalized spacial score (nSPS) is 11.3. The molecule has 1 aromatic carbocycles. The van der Waals surface area contributed by atoms with Crippen molar-refractivity contribution in [3.63, 3.8) is 0 Å². The van der Waals surface area contributed by atoms with Crippen LogP contribution >= 0.6 is 0 Å². The molecular formula is C27H44OSi2. The predicted molar refractivity (Wildman–Crippen MR) is 140 cm³/mol. The maximum atomic E-state index is 6.19. The van der Waals surface area contributed by atoms with Crippen molar-refractivity contribution in [3.8, 4) is 28.7 Å². The molecule has 0 spiro atoms. The van der Waals surface area contributed by atoms with E-state index in [0.717, 1.165) is 29.9 Å². The Balaban J connectivity index is 2.64. The molecular weight excluding hydrogens is 396 g/mol. The number of unbranched alkanes of at least 4 members (excludes halogenated alkanes) is 8. The van der Waals surface area contributed by atoms with Gasteiger partial charge in [0.25, 0.3) is 0 Å². The quantitative estimate of drug-likeness (QED) is 0.192. The summed E-state index contributed by atoms with van der Waals surface area (Å²) >= 11 is 0. The van der Waals surface area contributed by atoms with E-state index in [0.29, 0.717) is 0 Å². The fourth-order valence-electron chi connectivity index (χ4n) is 2.93. The summed E-state index contributed by atoms with van der Waals surface area (Å²) in [5.41, 5.74) is 8.97. The van der Waals surface area contributed by atoms with Crippen molar-refractivity contribution in [1.29, 1.82) is 0 Å². The van der Waals surface area contributed by atoms with E-state index >= 15 is 0 Å². The van der Waals surface area contributed by atoms with Gasteiger partial charge >= 0.3 is 0 Å². The van der Waals surface area contributed by atoms with Gasteiger partial charge in [0.05, 0.1) is 12.2 Å². The first-order valence-electron chi connectivity index (χ1n) is 11.9. The summed E-state index contributed by atoms with van der Waals surface area (Å²) in [6.07, 6.45) is 11.9. The lowest BCUT2D eigenvalue weighted by Crippen LogP contribution is -2.16. The van der Waals surface area contributed by atoms with Gasteiger partial charge in [-0.1, -0.05) is 109 Å². The van der Waals surface area contributed by atoms with Crippen LogP contribution in [0, 0.1) is 22.9 Å². The monoisotopic (exact) mass is 440 g/mol. The first-order chi connectivity index (χ1) is 14.1. The Kier molecular flexibility index (Phi) is 12.2. The average Bonchev–Trinajstić information content (AvgIpc) is 2.65. The third-order valence-electron chi connectivity index (χ3n) is 4.64. The first-order valence-corrected chi connectivity index (χ1v) is 18.9. The van der Waals surface area contributed by atoms with Gasteiger partial charge in [-0.3, -0.25) is 0 Å². The molecule has 0 amide bonds. The molecule has 0 atom stereocenters. The summed E-state index contributed by atoms with van der Waals surface area (Å²) in [7, 11) is -2.81. The van der Waals surface area contributed by atoms with E-state index in [1.165, 1.54) is 51.4 Å². The molecule has 1 aromatic rings. The molecule has 1 nitrogen and oxygen atoms in total. The van der Waals surface area contributed by atoms with Crippen LogP contribution in [0.5, 0.6) is 5.75 Å². The Labute approximate surface area is 189 Å². The maximum Gasteiger partial charge on any atom is 0.136 e. The Hall–Kier alpha value is -1.43. The van der Waals surface area contributed by atoms with Gasteiger partial charge in [-0.05, 0) is 24.6 Å². The van der Waals surface area contributed by atoms with E-state index < -0.39 is 16.1 Å². The molecule has 0 N–H and O–H groups in total.